The van der Waals surface area contributed by atoms with Crippen molar-refractivity contribution in [1.29, 1.82) is 0 Å². The van der Waals surface area contributed by atoms with E-state index in [2.05, 4.69) is 10.0 Å². The predicted octanol–water partition coefficient (Wildman–Crippen LogP) is 2.30. The number of nitrogens with one attached hydrogen (secondary N) is 2. The van der Waals surface area contributed by atoms with E-state index < -0.39 is 44.7 Å². The van der Waals surface area contributed by atoms with Gasteiger partial charge in [0.15, 0.2) is 6.61 Å². The second-order valence-corrected chi connectivity index (χ2v) is 10.1. The highest BCUT2D eigenvalue weighted by molar-refractivity contribution is 7.92. The van der Waals surface area contributed by atoms with Gasteiger partial charge in [-0.1, -0.05) is 29.3 Å². The van der Waals surface area contributed by atoms with Crippen molar-refractivity contribution in [2.45, 2.75) is 11.8 Å². The van der Waals surface area contributed by atoms with Gasteiger partial charge in [-0.05, 0) is 42.8 Å². The summed E-state index contributed by atoms with van der Waals surface area (Å²) in [7, 11) is -1.58. The fraction of sp³-hybridized carbons (Fsp3) is 0.182. The van der Waals surface area contributed by atoms with E-state index in [4.69, 9.17) is 27.9 Å². The summed E-state index contributed by atoms with van der Waals surface area (Å²) in [6.45, 7) is 0.988. The molecule has 1 amide bonds. The van der Waals surface area contributed by atoms with E-state index in [0.717, 1.165) is 26.8 Å². The molecule has 190 valence electrons. The molecule has 0 aliphatic carbocycles. The summed E-state index contributed by atoms with van der Waals surface area (Å²) in [5.41, 5.74) is -0.539. The lowest BCUT2D eigenvalue weighted by atomic mass is 10.2. The van der Waals surface area contributed by atoms with Crippen LogP contribution in [0.2, 0.25) is 10.0 Å². The third-order valence-electron chi connectivity index (χ3n) is 5.01. The molecule has 1 heterocycles. The SMILES string of the molecule is Cc1ccc(NS(=O)(=O)c2cc(C(=O)OCC(=O)Nc3cc(=O)n(C)c(=O)n3C)ccc2Cl)cc1Cl. The number of sulfonamides is 1. The predicted molar refractivity (Wildman–Crippen MR) is 134 cm³/mol. The van der Waals surface area contributed by atoms with Crippen LogP contribution in [0.5, 0.6) is 0 Å². The number of aromatic nitrogens is 2. The Bertz CT molecular complexity index is 1600. The van der Waals surface area contributed by atoms with Gasteiger partial charge in [-0.3, -0.25) is 23.4 Å². The van der Waals surface area contributed by atoms with E-state index in [-0.39, 0.29) is 22.1 Å². The van der Waals surface area contributed by atoms with Crippen LogP contribution in [0.4, 0.5) is 11.5 Å². The first-order valence-electron chi connectivity index (χ1n) is 10.1. The van der Waals surface area contributed by atoms with E-state index in [0.29, 0.717) is 5.02 Å². The molecule has 2 N–H and O–H groups in total. The molecule has 11 nitrogen and oxygen atoms in total. The van der Waals surface area contributed by atoms with Crippen LogP contribution in [0.25, 0.3) is 0 Å². The molecule has 2 aromatic carbocycles. The average Bonchev–Trinajstić information content (AvgIpc) is 2.82. The Balaban J connectivity index is 1.73. The number of rotatable bonds is 7. The molecular formula is C22H20Cl2N4O7S. The van der Waals surface area contributed by atoms with Crippen molar-refractivity contribution >= 4 is 56.6 Å². The fourth-order valence-corrected chi connectivity index (χ4v) is 4.71. The summed E-state index contributed by atoms with van der Waals surface area (Å²) in [6, 6.07) is 9.04. The lowest BCUT2D eigenvalue weighted by Gasteiger charge is -2.12. The minimum Gasteiger partial charge on any atom is -0.452 e. The molecule has 0 saturated heterocycles. The quantitative estimate of drug-likeness (QED) is 0.426. The van der Waals surface area contributed by atoms with Gasteiger partial charge in [-0.25, -0.2) is 18.0 Å². The molecule has 0 radical (unpaired) electrons. The largest absolute Gasteiger partial charge is 0.452 e. The zero-order chi connectivity index (χ0) is 26.8. The monoisotopic (exact) mass is 554 g/mol. The van der Waals surface area contributed by atoms with Crippen LogP contribution in [-0.2, 0) is 33.7 Å². The van der Waals surface area contributed by atoms with E-state index in [1.165, 1.54) is 38.4 Å². The third kappa shape index (κ3) is 5.96. The second kappa shape index (κ2) is 10.6. The number of halogens is 2. The standard InChI is InChI=1S/C22H20Cl2N4O7S/c1-12-4-6-14(9-16(12)24)26-36(33,34)17-8-13(5-7-15(17)23)21(31)35-11-19(29)25-18-10-20(30)28(3)22(32)27(18)2/h4-10,26H,11H2,1-3H3,(H,25,29). The first kappa shape index (κ1) is 27.0. The van der Waals surface area contributed by atoms with Crippen molar-refractivity contribution in [1.82, 2.24) is 9.13 Å². The van der Waals surface area contributed by atoms with Gasteiger partial charge in [0.25, 0.3) is 21.5 Å². The third-order valence-corrected chi connectivity index (χ3v) is 7.28. The smallest absolute Gasteiger partial charge is 0.338 e. The minimum absolute atomic E-state index is 0.0914. The van der Waals surface area contributed by atoms with Crippen LogP contribution in [-0.4, -0.2) is 36.0 Å². The molecule has 0 spiro atoms. The van der Waals surface area contributed by atoms with Gasteiger partial charge in [0, 0.05) is 25.2 Å². The number of esters is 1. The van der Waals surface area contributed by atoms with Crippen molar-refractivity contribution in [3.63, 3.8) is 0 Å². The van der Waals surface area contributed by atoms with Crippen molar-refractivity contribution < 1.29 is 22.7 Å². The number of aryl methyl sites for hydroxylation is 1. The van der Waals surface area contributed by atoms with Crippen LogP contribution in [0, 0.1) is 6.92 Å². The average molecular weight is 555 g/mol. The number of benzene rings is 2. The Morgan fingerprint density at radius 1 is 0.972 bits per heavy atom. The Labute approximate surface area is 215 Å². The molecule has 36 heavy (non-hydrogen) atoms. The highest BCUT2D eigenvalue weighted by atomic mass is 35.5. The molecule has 0 aliphatic rings. The van der Waals surface area contributed by atoms with Gasteiger partial charge < -0.3 is 10.1 Å². The van der Waals surface area contributed by atoms with Crippen molar-refractivity contribution in [2.75, 3.05) is 16.6 Å². The minimum atomic E-state index is -4.21. The number of amides is 1. The number of hydrogen-bond donors (Lipinski definition) is 2. The zero-order valence-corrected chi connectivity index (χ0v) is 21.5. The Kier molecular flexibility index (Phi) is 7.92. The molecular weight excluding hydrogens is 535 g/mol. The zero-order valence-electron chi connectivity index (χ0n) is 19.2. The van der Waals surface area contributed by atoms with Crippen molar-refractivity contribution in [3.05, 3.63) is 84.5 Å². The molecule has 0 unspecified atom stereocenters. The first-order chi connectivity index (χ1) is 16.8. The molecule has 0 aliphatic heterocycles. The molecule has 0 atom stereocenters. The lowest BCUT2D eigenvalue weighted by molar-refractivity contribution is -0.119. The summed E-state index contributed by atoms with van der Waals surface area (Å²) in [6.07, 6.45) is 0. The Morgan fingerprint density at radius 3 is 2.33 bits per heavy atom. The highest BCUT2D eigenvalue weighted by Gasteiger charge is 2.22. The van der Waals surface area contributed by atoms with Crippen molar-refractivity contribution in [2.24, 2.45) is 14.1 Å². The number of carbonyl (C=O) groups is 2. The maximum absolute atomic E-state index is 12.9. The van der Waals surface area contributed by atoms with Gasteiger partial charge in [0.1, 0.15) is 10.7 Å². The maximum Gasteiger partial charge on any atom is 0.338 e. The number of anilines is 2. The molecule has 0 fully saturated rings. The molecule has 3 rings (SSSR count). The Morgan fingerprint density at radius 2 is 1.67 bits per heavy atom. The van der Waals surface area contributed by atoms with Crippen LogP contribution in [0.1, 0.15) is 15.9 Å². The molecule has 0 bridgehead atoms. The summed E-state index contributed by atoms with van der Waals surface area (Å²) in [4.78, 5) is 48.0. The van der Waals surface area contributed by atoms with E-state index in [1.807, 2.05) is 0 Å². The molecule has 1 aromatic heterocycles. The number of carbonyl (C=O) groups excluding carboxylic acids is 2. The molecule has 14 heteroatoms. The summed E-state index contributed by atoms with van der Waals surface area (Å²) in [5, 5.41) is 2.51. The van der Waals surface area contributed by atoms with Gasteiger partial charge in [-0.2, -0.15) is 0 Å². The van der Waals surface area contributed by atoms with Crippen LogP contribution in [0.3, 0.4) is 0 Å². The lowest BCUT2D eigenvalue weighted by Crippen LogP contribution is -2.38. The Hall–Kier alpha value is -3.61. The molecule has 0 saturated carbocycles. The van der Waals surface area contributed by atoms with Gasteiger partial charge in [0.2, 0.25) is 0 Å². The number of ether oxygens (including phenoxy) is 1. The summed E-state index contributed by atoms with van der Waals surface area (Å²) < 4.78 is 34.9. The van der Waals surface area contributed by atoms with Gasteiger partial charge >= 0.3 is 11.7 Å². The normalized spacial score (nSPS) is 11.1. The summed E-state index contributed by atoms with van der Waals surface area (Å²) >= 11 is 12.1. The highest BCUT2D eigenvalue weighted by Crippen LogP contribution is 2.27. The van der Waals surface area contributed by atoms with Crippen molar-refractivity contribution in [3.8, 4) is 0 Å². The van der Waals surface area contributed by atoms with Crippen LogP contribution >= 0.6 is 23.2 Å². The maximum atomic E-state index is 12.9. The fourth-order valence-electron chi connectivity index (χ4n) is 2.95. The van der Waals surface area contributed by atoms with Gasteiger partial charge in [0.05, 0.1) is 16.3 Å². The second-order valence-electron chi connectivity index (χ2n) is 7.61. The van der Waals surface area contributed by atoms with E-state index in [9.17, 15) is 27.6 Å². The van der Waals surface area contributed by atoms with E-state index >= 15 is 0 Å². The topological polar surface area (TPSA) is 146 Å². The van der Waals surface area contributed by atoms with Crippen LogP contribution in [0.15, 0.2) is 56.9 Å². The first-order valence-corrected chi connectivity index (χ1v) is 12.4. The number of nitrogens with zero attached hydrogens (tertiary/aromatic N) is 2. The number of hydrogen-bond acceptors (Lipinski definition) is 7. The van der Waals surface area contributed by atoms with Crippen LogP contribution < -0.4 is 21.3 Å². The summed E-state index contributed by atoms with van der Waals surface area (Å²) in [5.74, 6) is -1.92. The van der Waals surface area contributed by atoms with Gasteiger partial charge in [-0.15, -0.1) is 0 Å². The van der Waals surface area contributed by atoms with E-state index in [1.54, 1.807) is 13.0 Å². The molecule has 3 aromatic rings.